The standard InChI is InChI=1S/C15H24O2/c1-4-15(10-16-12(15)3)17-11(2)14-7-5-13(9-14)6-8-14/h5,7,11-13H,4,6,8-10H2,1-3H3. The van der Waals surface area contributed by atoms with Crippen molar-refractivity contribution in [3.63, 3.8) is 0 Å². The predicted octanol–water partition coefficient (Wildman–Crippen LogP) is 3.32. The minimum atomic E-state index is -0.0112. The lowest BCUT2D eigenvalue weighted by molar-refractivity contribution is -0.280. The molecule has 0 amide bonds. The van der Waals surface area contributed by atoms with E-state index in [-0.39, 0.29) is 11.7 Å². The highest BCUT2D eigenvalue weighted by atomic mass is 16.6. The van der Waals surface area contributed by atoms with Crippen LogP contribution in [0.1, 0.15) is 46.5 Å². The van der Waals surface area contributed by atoms with E-state index in [9.17, 15) is 0 Å². The first kappa shape index (κ1) is 11.7. The van der Waals surface area contributed by atoms with Gasteiger partial charge < -0.3 is 9.47 Å². The number of hydrogen-bond acceptors (Lipinski definition) is 2. The molecule has 5 unspecified atom stereocenters. The van der Waals surface area contributed by atoms with Gasteiger partial charge in [0, 0.05) is 5.41 Å². The zero-order chi connectivity index (χ0) is 12.1. The third kappa shape index (κ3) is 1.61. The van der Waals surface area contributed by atoms with Crippen molar-refractivity contribution in [2.75, 3.05) is 6.61 Å². The summed E-state index contributed by atoms with van der Waals surface area (Å²) < 4.78 is 12.0. The van der Waals surface area contributed by atoms with Gasteiger partial charge >= 0.3 is 0 Å². The van der Waals surface area contributed by atoms with Crippen molar-refractivity contribution in [2.24, 2.45) is 11.3 Å². The van der Waals surface area contributed by atoms with Gasteiger partial charge in [0.1, 0.15) is 5.60 Å². The van der Waals surface area contributed by atoms with E-state index in [4.69, 9.17) is 9.47 Å². The highest BCUT2D eigenvalue weighted by Crippen LogP contribution is 2.53. The molecule has 3 aliphatic rings. The third-order valence-corrected chi connectivity index (χ3v) is 5.46. The Bertz CT molecular complexity index is 334. The highest BCUT2D eigenvalue weighted by Gasteiger charge is 2.51. The smallest absolute Gasteiger partial charge is 0.117 e. The van der Waals surface area contributed by atoms with E-state index in [1.807, 2.05) is 0 Å². The molecule has 3 rings (SSSR count). The third-order valence-electron chi connectivity index (χ3n) is 5.46. The summed E-state index contributed by atoms with van der Waals surface area (Å²) in [6.07, 6.45) is 10.5. The minimum Gasteiger partial charge on any atom is -0.372 e. The average molecular weight is 236 g/mol. The van der Waals surface area contributed by atoms with Crippen LogP contribution in [0.25, 0.3) is 0 Å². The van der Waals surface area contributed by atoms with E-state index >= 15 is 0 Å². The van der Waals surface area contributed by atoms with Gasteiger partial charge in [-0.2, -0.15) is 0 Å². The molecule has 0 aromatic rings. The van der Waals surface area contributed by atoms with Crippen LogP contribution in [-0.2, 0) is 9.47 Å². The zero-order valence-corrected chi connectivity index (χ0v) is 11.2. The SMILES string of the molecule is CCC1(OC(C)C23C=CC(CC2)C3)COC1C. The monoisotopic (exact) mass is 236 g/mol. The van der Waals surface area contributed by atoms with Gasteiger partial charge in [0.15, 0.2) is 0 Å². The fourth-order valence-electron chi connectivity index (χ4n) is 3.80. The van der Waals surface area contributed by atoms with Gasteiger partial charge in [0.25, 0.3) is 0 Å². The lowest BCUT2D eigenvalue weighted by Crippen LogP contribution is -2.60. The topological polar surface area (TPSA) is 18.5 Å². The van der Waals surface area contributed by atoms with E-state index in [2.05, 4.69) is 32.9 Å². The van der Waals surface area contributed by atoms with Gasteiger partial charge in [0.2, 0.25) is 0 Å². The average Bonchev–Trinajstić information content (AvgIpc) is 2.95. The summed E-state index contributed by atoms with van der Waals surface area (Å²) in [7, 11) is 0. The summed E-state index contributed by atoms with van der Waals surface area (Å²) in [5.74, 6) is 0.827. The quantitative estimate of drug-likeness (QED) is 0.697. The molecule has 17 heavy (non-hydrogen) atoms. The first-order chi connectivity index (χ1) is 8.10. The van der Waals surface area contributed by atoms with E-state index in [0.29, 0.717) is 11.5 Å². The summed E-state index contributed by atoms with van der Waals surface area (Å²) in [5.41, 5.74) is 0.324. The van der Waals surface area contributed by atoms with Crippen molar-refractivity contribution < 1.29 is 9.47 Å². The number of allylic oxidation sites excluding steroid dienone is 1. The molecule has 1 heterocycles. The van der Waals surface area contributed by atoms with Crippen LogP contribution in [0, 0.1) is 11.3 Å². The van der Waals surface area contributed by atoms with Crippen molar-refractivity contribution in [1.82, 2.24) is 0 Å². The number of hydrogen-bond donors (Lipinski definition) is 0. The molecule has 2 fully saturated rings. The summed E-state index contributed by atoms with van der Waals surface area (Å²) in [6, 6.07) is 0. The van der Waals surface area contributed by atoms with E-state index in [1.54, 1.807) is 0 Å². The highest BCUT2D eigenvalue weighted by molar-refractivity contribution is 5.18. The van der Waals surface area contributed by atoms with Gasteiger partial charge in [-0.15, -0.1) is 0 Å². The van der Waals surface area contributed by atoms with Crippen LogP contribution in [0.2, 0.25) is 0 Å². The Morgan fingerprint density at radius 3 is 2.71 bits per heavy atom. The van der Waals surface area contributed by atoms with E-state index < -0.39 is 0 Å². The molecule has 0 N–H and O–H groups in total. The van der Waals surface area contributed by atoms with Gasteiger partial charge in [0.05, 0.1) is 18.8 Å². The molecule has 2 bridgehead atoms. The van der Waals surface area contributed by atoms with Crippen molar-refractivity contribution in [3.05, 3.63) is 12.2 Å². The number of fused-ring (bicyclic) bond motifs is 2. The maximum atomic E-state index is 6.46. The number of ether oxygens (including phenoxy) is 2. The molecule has 0 spiro atoms. The molecule has 1 aliphatic heterocycles. The summed E-state index contributed by atoms with van der Waals surface area (Å²) >= 11 is 0. The van der Waals surface area contributed by atoms with Crippen LogP contribution in [0.15, 0.2) is 12.2 Å². The fraction of sp³-hybridized carbons (Fsp3) is 0.867. The second kappa shape index (κ2) is 3.83. The second-order valence-electron chi connectivity index (χ2n) is 6.23. The summed E-state index contributed by atoms with van der Waals surface area (Å²) in [5, 5.41) is 0. The Kier molecular flexibility index (Phi) is 2.64. The lowest BCUT2D eigenvalue weighted by Gasteiger charge is -2.50. The predicted molar refractivity (Wildman–Crippen MR) is 67.9 cm³/mol. The Balaban J connectivity index is 1.71. The van der Waals surface area contributed by atoms with Crippen molar-refractivity contribution in [3.8, 4) is 0 Å². The molecule has 96 valence electrons. The molecule has 1 saturated heterocycles. The van der Waals surface area contributed by atoms with Gasteiger partial charge in [-0.3, -0.25) is 0 Å². The summed E-state index contributed by atoms with van der Waals surface area (Å²) in [6.45, 7) is 7.39. The van der Waals surface area contributed by atoms with Gasteiger partial charge in [-0.1, -0.05) is 19.1 Å². The molecular formula is C15H24O2. The van der Waals surface area contributed by atoms with Gasteiger partial charge in [-0.05, 0) is 45.4 Å². The number of rotatable bonds is 4. The first-order valence-corrected chi connectivity index (χ1v) is 7.09. The molecule has 2 heteroatoms. The van der Waals surface area contributed by atoms with Crippen molar-refractivity contribution in [2.45, 2.75) is 64.3 Å². The molecule has 1 saturated carbocycles. The van der Waals surface area contributed by atoms with Crippen molar-refractivity contribution in [1.29, 1.82) is 0 Å². The van der Waals surface area contributed by atoms with Gasteiger partial charge in [-0.25, -0.2) is 0 Å². The largest absolute Gasteiger partial charge is 0.372 e. The molecule has 0 aromatic carbocycles. The van der Waals surface area contributed by atoms with Crippen LogP contribution >= 0.6 is 0 Å². The van der Waals surface area contributed by atoms with Crippen LogP contribution in [0.4, 0.5) is 0 Å². The Hall–Kier alpha value is -0.340. The zero-order valence-electron chi connectivity index (χ0n) is 11.2. The lowest BCUT2D eigenvalue weighted by atomic mass is 9.81. The Labute approximate surface area is 104 Å². The Morgan fingerprint density at radius 1 is 1.53 bits per heavy atom. The fourth-order valence-corrected chi connectivity index (χ4v) is 3.80. The summed E-state index contributed by atoms with van der Waals surface area (Å²) in [4.78, 5) is 0. The van der Waals surface area contributed by atoms with Crippen molar-refractivity contribution >= 4 is 0 Å². The van der Waals surface area contributed by atoms with E-state index in [1.165, 1.54) is 19.3 Å². The normalized spacial score (nSPS) is 49.4. The molecule has 5 atom stereocenters. The van der Waals surface area contributed by atoms with Crippen LogP contribution in [0.3, 0.4) is 0 Å². The van der Waals surface area contributed by atoms with Crippen LogP contribution in [0.5, 0.6) is 0 Å². The van der Waals surface area contributed by atoms with Crippen LogP contribution < -0.4 is 0 Å². The maximum absolute atomic E-state index is 6.46. The molecule has 0 radical (unpaired) electrons. The minimum absolute atomic E-state index is 0.0112. The molecule has 0 aromatic heterocycles. The molecule has 2 aliphatic carbocycles. The second-order valence-corrected chi connectivity index (χ2v) is 6.23. The van der Waals surface area contributed by atoms with Crippen LogP contribution in [-0.4, -0.2) is 24.4 Å². The maximum Gasteiger partial charge on any atom is 0.117 e. The first-order valence-electron chi connectivity index (χ1n) is 7.09. The Morgan fingerprint density at radius 2 is 2.35 bits per heavy atom. The molecular weight excluding hydrogens is 212 g/mol. The molecule has 2 nitrogen and oxygen atoms in total. The van der Waals surface area contributed by atoms with E-state index in [0.717, 1.165) is 18.9 Å².